The van der Waals surface area contributed by atoms with Gasteiger partial charge in [0.1, 0.15) is 5.75 Å². The fraction of sp³-hybridized carbons (Fsp3) is 0.133. The van der Waals surface area contributed by atoms with E-state index in [-0.39, 0.29) is 11.7 Å². The van der Waals surface area contributed by atoms with Crippen molar-refractivity contribution in [1.82, 2.24) is 0 Å². The van der Waals surface area contributed by atoms with E-state index in [4.69, 9.17) is 0 Å². The zero-order chi connectivity index (χ0) is 13.7. The second-order valence-electron chi connectivity index (χ2n) is 4.08. The summed E-state index contributed by atoms with van der Waals surface area (Å²) in [7, 11) is 0. The van der Waals surface area contributed by atoms with Crippen LogP contribution in [-0.4, -0.2) is 17.6 Å². The molecule has 4 heteroatoms. The van der Waals surface area contributed by atoms with E-state index in [1.165, 1.54) is 6.07 Å². The van der Waals surface area contributed by atoms with Gasteiger partial charge < -0.3 is 15.7 Å². The minimum atomic E-state index is -0.206. The maximum atomic E-state index is 12.2. The predicted molar refractivity (Wildman–Crippen MR) is 76.7 cm³/mol. The van der Waals surface area contributed by atoms with Gasteiger partial charge >= 0.3 is 0 Å². The number of phenolic OH excluding ortho intramolecular Hbond substituents is 1. The fourth-order valence-electron chi connectivity index (χ4n) is 1.81. The van der Waals surface area contributed by atoms with Crippen molar-refractivity contribution in [3.63, 3.8) is 0 Å². The Hall–Kier alpha value is -2.49. The first-order valence-electron chi connectivity index (χ1n) is 6.14. The summed E-state index contributed by atoms with van der Waals surface area (Å²) in [5, 5.41) is 15.3. The average molecular weight is 256 g/mol. The highest BCUT2D eigenvalue weighted by molar-refractivity contribution is 6.08. The third-order valence-electron chi connectivity index (χ3n) is 2.64. The highest BCUT2D eigenvalue weighted by atomic mass is 16.3. The summed E-state index contributed by atoms with van der Waals surface area (Å²) in [4.78, 5) is 12.2. The van der Waals surface area contributed by atoms with Crippen LogP contribution in [0.25, 0.3) is 0 Å². The van der Waals surface area contributed by atoms with Gasteiger partial charge in [-0.15, -0.1) is 0 Å². The van der Waals surface area contributed by atoms with Crippen molar-refractivity contribution < 1.29 is 9.90 Å². The molecule has 19 heavy (non-hydrogen) atoms. The van der Waals surface area contributed by atoms with Crippen LogP contribution in [0.1, 0.15) is 17.3 Å². The predicted octanol–water partition coefficient (Wildman–Crippen LogP) is 3.08. The molecular weight excluding hydrogens is 240 g/mol. The normalized spacial score (nSPS) is 9.95. The molecule has 0 radical (unpaired) electrons. The minimum Gasteiger partial charge on any atom is -0.508 e. The largest absolute Gasteiger partial charge is 0.508 e. The summed E-state index contributed by atoms with van der Waals surface area (Å²) in [5.74, 6) is -0.0834. The van der Waals surface area contributed by atoms with Gasteiger partial charge in [0.05, 0.1) is 5.56 Å². The molecule has 3 N–H and O–H groups in total. The first kappa shape index (κ1) is 13.0. The Balaban J connectivity index is 2.20. The van der Waals surface area contributed by atoms with E-state index in [1.807, 2.05) is 25.1 Å². The minimum absolute atomic E-state index is 0.123. The molecule has 2 rings (SSSR count). The molecule has 0 aromatic heterocycles. The summed E-state index contributed by atoms with van der Waals surface area (Å²) in [6, 6.07) is 13.8. The molecule has 0 bridgehead atoms. The lowest BCUT2D eigenvalue weighted by molar-refractivity contribution is 0.102. The molecule has 0 atom stereocenters. The summed E-state index contributed by atoms with van der Waals surface area (Å²) >= 11 is 0. The molecule has 0 aliphatic carbocycles. The summed E-state index contributed by atoms with van der Waals surface area (Å²) < 4.78 is 0. The Morgan fingerprint density at radius 2 is 1.95 bits per heavy atom. The van der Waals surface area contributed by atoms with Gasteiger partial charge in [-0.05, 0) is 31.2 Å². The quantitative estimate of drug-likeness (QED) is 0.787. The zero-order valence-corrected chi connectivity index (χ0v) is 10.7. The molecule has 2 aromatic carbocycles. The van der Waals surface area contributed by atoms with Crippen molar-refractivity contribution >= 4 is 17.3 Å². The van der Waals surface area contributed by atoms with E-state index < -0.39 is 0 Å². The molecule has 0 unspecified atom stereocenters. The lowest BCUT2D eigenvalue weighted by Crippen LogP contribution is -2.14. The monoisotopic (exact) mass is 256 g/mol. The third kappa shape index (κ3) is 3.25. The summed E-state index contributed by atoms with van der Waals surface area (Å²) in [6.07, 6.45) is 0. The van der Waals surface area contributed by atoms with Crippen molar-refractivity contribution in [2.75, 3.05) is 17.2 Å². The van der Waals surface area contributed by atoms with Crippen LogP contribution < -0.4 is 10.6 Å². The smallest absolute Gasteiger partial charge is 0.257 e. The van der Waals surface area contributed by atoms with Crippen molar-refractivity contribution in [1.29, 1.82) is 0 Å². The van der Waals surface area contributed by atoms with Gasteiger partial charge in [-0.3, -0.25) is 4.79 Å². The standard InChI is InChI=1S/C15H16N2O2/c1-2-16-14-9-4-3-8-13(14)15(19)17-11-6-5-7-12(18)10-11/h3-10,16,18H,2H2,1H3,(H,17,19). The van der Waals surface area contributed by atoms with Crippen molar-refractivity contribution in [3.8, 4) is 5.75 Å². The maximum absolute atomic E-state index is 12.2. The number of para-hydroxylation sites is 1. The Kier molecular flexibility index (Phi) is 4.03. The average Bonchev–Trinajstić information content (AvgIpc) is 2.39. The number of rotatable bonds is 4. The van der Waals surface area contributed by atoms with E-state index in [2.05, 4.69) is 10.6 Å². The number of benzene rings is 2. The number of hydrogen-bond acceptors (Lipinski definition) is 3. The molecule has 98 valence electrons. The van der Waals surface area contributed by atoms with E-state index in [9.17, 15) is 9.90 Å². The molecule has 2 aromatic rings. The topological polar surface area (TPSA) is 61.4 Å². The van der Waals surface area contributed by atoms with Gasteiger partial charge in [-0.1, -0.05) is 18.2 Å². The first-order chi connectivity index (χ1) is 9.20. The third-order valence-corrected chi connectivity index (χ3v) is 2.64. The van der Waals surface area contributed by atoms with Crippen LogP contribution in [0, 0.1) is 0 Å². The fourth-order valence-corrected chi connectivity index (χ4v) is 1.81. The van der Waals surface area contributed by atoms with Gasteiger partial charge in [-0.2, -0.15) is 0 Å². The van der Waals surface area contributed by atoms with Crippen LogP contribution in [0.5, 0.6) is 5.75 Å². The second kappa shape index (κ2) is 5.91. The Bertz CT molecular complexity index is 582. The molecule has 0 fully saturated rings. The first-order valence-corrected chi connectivity index (χ1v) is 6.14. The number of anilines is 2. The molecule has 0 aliphatic heterocycles. The van der Waals surface area contributed by atoms with E-state index in [0.717, 1.165) is 12.2 Å². The zero-order valence-electron chi connectivity index (χ0n) is 10.7. The van der Waals surface area contributed by atoms with Gasteiger partial charge in [-0.25, -0.2) is 0 Å². The summed E-state index contributed by atoms with van der Waals surface area (Å²) in [5.41, 5.74) is 1.94. The molecule has 0 saturated heterocycles. The molecule has 0 aliphatic rings. The lowest BCUT2D eigenvalue weighted by atomic mass is 10.1. The van der Waals surface area contributed by atoms with Crippen molar-refractivity contribution in [2.45, 2.75) is 6.92 Å². The van der Waals surface area contributed by atoms with Crippen LogP contribution >= 0.6 is 0 Å². The number of aromatic hydroxyl groups is 1. The van der Waals surface area contributed by atoms with Crippen LogP contribution in [0.15, 0.2) is 48.5 Å². The van der Waals surface area contributed by atoms with Crippen LogP contribution in [-0.2, 0) is 0 Å². The van der Waals surface area contributed by atoms with Gasteiger partial charge in [0.15, 0.2) is 0 Å². The van der Waals surface area contributed by atoms with Gasteiger partial charge in [0, 0.05) is 24.0 Å². The second-order valence-corrected chi connectivity index (χ2v) is 4.08. The molecule has 0 saturated carbocycles. The number of carbonyl (C=O) groups is 1. The summed E-state index contributed by atoms with van der Waals surface area (Å²) in [6.45, 7) is 2.72. The Morgan fingerprint density at radius 3 is 2.68 bits per heavy atom. The van der Waals surface area contributed by atoms with Crippen LogP contribution in [0.4, 0.5) is 11.4 Å². The Labute approximate surface area is 112 Å². The van der Waals surface area contributed by atoms with Crippen molar-refractivity contribution in [3.05, 3.63) is 54.1 Å². The number of hydrogen-bond donors (Lipinski definition) is 3. The maximum Gasteiger partial charge on any atom is 0.257 e. The molecule has 1 amide bonds. The molecule has 0 spiro atoms. The number of amides is 1. The van der Waals surface area contributed by atoms with E-state index in [1.54, 1.807) is 24.3 Å². The highest BCUT2D eigenvalue weighted by Crippen LogP contribution is 2.19. The van der Waals surface area contributed by atoms with Crippen molar-refractivity contribution in [2.24, 2.45) is 0 Å². The number of carbonyl (C=O) groups excluding carboxylic acids is 1. The SMILES string of the molecule is CCNc1ccccc1C(=O)Nc1cccc(O)c1. The van der Waals surface area contributed by atoms with Gasteiger partial charge in [0.25, 0.3) is 5.91 Å². The lowest BCUT2D eigenvalue weighted by Gasteiger charge is -2.11. The van der Waals surface area contributed by atoms with Gasteiger partial charge in [0.2, 0.25) is 0 Å². The number of phenols is 1. The Morgan fingerprint density at radius 1 is 1.16 bits per heavy atom. The van der Waals surface area contributed by atoms with Crippen LogP contribution in [0.2, 0.25) is 0 Å². The molecule has 4 nitrogen and oxygen atoms in total. The van der Waals surface area contributed by atoms with Crippen LogP contribution in [0.3, 0.4) is 0 Å². The van der Waals surface area contributed by atoms with E-state index in [0.29, 0.717) is 11.3 Å². The number of nitrogens with one attached hydrogen (secondary N) is 2. The molecule has 0 heterocycles. The highest BCUT2D eigenvalue weighted by Gasteiger charge is 2.10. The molecular formula is C15H16N2O2. The van der Waals surface area contributed by atoms with E-state index >= 15 is 0 Å².